The van der Waals surface area contributed by atoms with E-state index in [4.69, 9.17) is 5.73 Å². The van der Waals surface area contributed by atoms with Crippen molar-refractivity contribution >= 4 is 39.7 Å². The van der Waals surface area contributed by atoms with Crippen LogP contribution in [-0.4, -0.2) is 20.4 Å². The van der Waals surface area contributed by atoms with Crippen molar-refractivity contribution in [1.82, 2.24) is 0 Å². The number of carbonyl (C=O) groups is 1. The van der Waals surface area contributed by atoms with Gasteiger partial charge >= 0.3 is 0 Å². The molecule has 2 aromatic carbocycles. The fourth-order valence-electron chi connectivity index (χ4n) is 2.14. The molecule has 4 N–H and O–H groups in total. The first-order chi connectivity index (χ1) is 11.7. The third-order valence-corrected chi connectivity index (χ3v) is 5.21. The molecule has 0 saturated heterocycles. The molecule has 0 unspecified atom stereocenters. The Morgan fingerprint density at radius 3 is 2.27 bits per heavy atom. The van der Waals surface area contributed by atoms with Crippen molar-refractivity contribution in [2.75, 3.05) is 10.0 Å². The van der Waals surface area contributed by atoms with Gasteiger partial charge in [0.1, 0.15) is 0 Å². The highest BCUT2D eigenvalue weighted by molar-refractivity contribution is 7.92. The molecule has 8 heteroatoms. The van der Waals surface area contributed by atoms with Crippen LogP contribution in [-0.2, 0) is 14.8 Å². The summed E-state index contributed by atoms with van der Waals surface area (Å²) >= 11 is 0. The van der Waals surface area contributed by atoms with Gasteiger partial charge in [-0.1, -0.05) is 38.1 Å². The molecule has 0 radical (unpaired) electrons. The predicted molar refractivity (Wildman–Crippen MR) is 107 cm³/mol. The molecule has 1 amide bonds. The number of nitrogens with one attached hydrogen (secondary N) is 2. The number of hydrogen-bond donors (Lipinski definition) is 3. The Labute approximate surface area is 160 Å². The molecular weight excluding hydrogens is 374 g/mol. The predicted octanol–water partition coefficient (Wildman–Crippen LogP) is 3.14. The van der Waals surface area contributed by atoms with Gasteiger partial charge in [0, 0.05) is 5.69 Å². The number of anilines is 2. The maximum Gasteiger partial charge on any atom is 0.261 e. The lowest BCUT2D eigenvalue weighted by molar-refractivity contribution is -0.118. The first-order valence-electron chi connectivity index (χ1n) is 7.95. The van der Waals surface area contributed by atoms with Crippen molar-refractivity contribution in [3.8, 4) is 0 Å². The number of sulfonamides is 1. The quantitative estimate of drug-likeness (QED) is 0.696. The van der Waals surface area contributed by atoms with E-state index in [2.05, 4.69) is 10.0 Å². The molecule has 0 aliphatic rings. The molecule has 6 nitrogen and oxygen atoms in total. The Morgan fingerprint density at radius 1 is 1.08 bits per heavy atom. The van der Waals surface area contributed by atoms with Crippen molar-refractivity contribution in [1.29, 1.82) is 0 Å². The van der Waals surface area contributed by atoms with Gasteiger partial charge in [0.15, 0.2) is 0 Å². The maximum absolute atomic E-state index is 12.5. The number of benzene rings is 2. The summed E-state index contributed by atoms with van der Waals surface area (Å²) < 4.78 is 27.5. The van der Waals surface area contributed by atoms with Crippen LogP contribution in [0, 0.1) is 12.8 Å². The van der Waals surface area contributed by atoms with E-state index in [0.29, 0.717) is 11.4 Å². The van der Waals surface area contributed by atoms with Gasteiger partial charge in [-0.15, -0.1) is 12.4 Å². The Hall–Kier alpha value is -2.09. The second kappa shape index (κ2) is 9.02. The molecule has 0 bridgehead atoms. The number of carbonyl (C=O) groups excluding carboxylic acids is 1. The van der Waals surface area contributed by atoms with E-state index in [1.165, 1.54) is 12.1 Å². The van der Waals surface area contributed by atoms with Gasteiger partial charge in [-0.25, -0.2) is 8.42 Å². The fraction of sp³-hybridized carbons (Fsp3) is 0.278. The molecule has 2 rings (SSSR count). The van der Waals surface area contributed by atoms with Crippen molar-refractivity contribution in [2.45, 2.75) is 31.7 Å². The smallest absolute Gasteiger partial charge is 0.261 e. The third kappa shape index (κ3) is 5.45. The standard InChI is InChI=1S/C18H23N3O3S.ClH/c1-12(2)17(19)18(22)20-14-10-9-13(3)16(11-14)21-25(23,24)15-7-5-4-6-8-15;/h4-12,17,21H,19H2,1-3H3,(H,20,22);1H/t17-;/m0./s1. The zero-order valence-electron chi connectivity index (χ0n) is 14.9. The monoisotopic (exact) mass is 397 g/mol. The van der Waals surface area contributed by atoms with Gasteiger partial charge in [-0.05, 0) is 42.7 Å². The number of rotatable bonds is 6. The van der Waals surface area contributed by atoms with Crippen LogP contribution in [0.1, 0.15) is 19.4 Å². The number of amides is 1. The largest absolute Gasteiger partial charge is 0.325 e. The number of nitrogens with two attached hydrogens (primary N) is 1. The Balaban J connectivity index is 0.00000338. The molecule has 1 atom stereocenters. The van der Waals surface area contributed by atoms with Gasteiger partial charge < -0.3 is 11.1 Å². The van der Waals surface area contributed by atoms with E-state index < -0.39 is 16.1 Å². The number of aryl methyl sites for hydroxylation is 1. The molecule has 2 aromatic rings. The molecule has 0 spiro atoms. The normalized spacial score (nSPS) is 12.2. The average Bonchev–Trinajstić information content (AvgIpc) is 2.57. The molecule has 0 fully saturated rings. The summed E-state index contributed by atoms with van der Waals surface area (Å²) in [5, 5.41) is 2.72. The van der Waals surface area contributed by atoms with Crippen LogP contribution in [0.3, 0.4) is 0 Å². The summed E-state index contributed by atoms with van der Waals surface area (Å²) in [5.41, 5.74) is 7.46. The van der Waals surface area contributed by atoms with Crippen LogP contribution in [0.4, 0.5) is 11.4 Å². The van der Waals surface area contributed by atoms with E-state index in [0.717, 1.165) is 5.56 Å². The first kappa shape index (κ1) is 22.0. The van der Waals surface area contributed by atoms with Gasteiger partial charge in [0.2, 0.25) is 5.91 Å². The van der Waals surface area contributed by atoms with E-state index >= 15 is 0 Å². The van der Waals surface area contributed by atoms with Crippen LogP contribution < -0.4 is 15.8 Å². The summed E-state index contributed by atoms with van der Waals surface area (Å²) in [4.78, 5) is 12.3. The lowest BCUT2D eigenvalue weighted by Crippen LogP contribution is -2.39. The van der Waals surface area contributed by atoms with E-state index in [1.54, 1.807) is 43.3 Å². The lowest BCUT2D eigenvalue weighted by atomic mass is 10.0. The summed E-state index contributed by atoms with van der Waals surface area (Å²) in [7, 11) is -3.70. The highest BCUT2D eigenvalue weighted by Gasteiger charge is 2.18. The van der Waals surface area contributed by atoms with Crippen LogP contribution in [0.2, 0.25) is 0 Å². The number of hydrogen-bond acceptors (Lipinski definition) is 4. The van der Waals surface area contributed by atoms with Crippen LogP contribution >= 0.6 is 12.4 Å². The lowest BCUT2D eigenvalue weighted by Gasteiger charge is -2.17. The average molecular weight is 398 g/mol. The Kier molecular flexibility index (Phi) is 7.62. The molecule has 0 aliphatic carbocycles. The zero-order chi connectivity index (χ0) is 18.6. The van der Waals surface area contributed by atoms with Crippen LogP contribution in [0.5, 0.6) is 0 Å². The molecule has 0 aliphatic heterocycles. The number of halogens is 1. The van der Waals surface area contributed by atoms with Gasteiger partial charge in [0.05, 0.1) is 16.6 Å². The summed E-state index contributed by atoms with van der Waals surface area (Å²) in [6.07, 6.45) is 0. The fourth-order valence-corrected chi connectivity index (χ4v) is 3.28. The molecule has 0 aromatic heterocycles. The van der Waals surface area contributed by atoms with Crippen molar-refractivity contribution < 1.29 is 13.2 Å². The van der Waals surface area contributed by atoms with Crippen LogP contribution in [0.15, 0.2) is 53.4 Å². The van der Waals surface area contributed by atoms with Gasteiger partial charge in [-0.2, -0.15) is 0 Å². The topological polar surface area (TPSA) is 101 Å². The Morgan fingerprint density at radius 2 is 1.69 bits per heavy atom. The van der Waals surface area contributed by atoms with Crippen LogP contribution in [0.25, 0.3) is 0 Å². The minimum atomic E-state index is -3.70. The van der Waals surface area contributed by atoms with Crippen molar-refractivity contribution in [3.63, 3.8) is 0 Å². The zero-order valence-corrected chi connectivity index (χ0v) is 16.5. The molecule has 0 heterocycles. The Bertz CT molecular complexity index is 855. The van der Waals surface area contributed by atoms with E-state index in [1.807, 2.05) is 13.8 Å². The minimum absolute atomic E-state index is 0. The third-order valence-electron chi connectivity index (χ3n) is 3.82. The highest BCUT2D eigenvalue weighted by atomic mass is 35.5. The minimum Gasteiger partial charge on any atom is -0.325 e. The van der Waals surface area contributed by atoms with Crippen molar-refractivity contribution in [2.24, 2.45) is 11.7 Å². The highest BCUT2D eigenvalue weighted by Crippen LogP contribution is 2.23. The molecule has 26 heavy (non-hydrogen) atoms. The summed E-state index contributed by atoms with van der Waals surface area (Å²) in [6.45, 7) is 5.51. The second-order valence-electron chi connectivity index (χ2n) is 6.21. The van der Waals surface area contributed by atoms with E-state index in [9.17, 15) is 13.2 Å². The SMILES string of the molecule is Cc1ccc(NC(=O)[C@@H](N)C(C)C)cc1NS(=O)(=O)c1ccccc1.Cl. The molecule has 142 valence electrons. The maximum atomic E-state index is 12.5. The first-order valence-corrected chi connectivity index (χ1v) is 9.44. The molecular formula is C18H24ClN3O3S. The summed E-state index contributed by atoms with van der Waals surface area (Å²) in [5.74, 6) is -0.308. The van der Waals surface area contributed by atoms with Crippen molar-refractivity contribution in [3.05, 3.63) is 54.1 Å². The van der Waals surface area contributed by atoms with Gasteiger partial charge in [-0.3, -0.25) is 9.52 Å². The summed E-state index contributed by atoms with van der Waals surface area (Å²) in [6, 6.07) is 12.5. The van der Waals surface area contributed by atoms with Gasteiger partial charge in [0.25, 0.3) is 10.0 Å². The van der Waals surface area contributed by atoms with E-state index in [-0.39, 0.29) is 29.1 Å². The second-order valence-corrected chi connectivity index (χ2v) is 7.89. The molecule has 0 saturated carbocycles.